The molecule has 0 aliphatic carbocycles. The highest BCUT2D eigenvalue weighted by Gasteiger charge is 2.34. The first-order valence-electron chi connectivity index (χ1n) is 6.57. The number of aryl methyl sites for hydroxylation is 1. The molecule has 1 atom stereocenters. The van der Waals surface area contributed by atoms with Crippen molar-refractivity contribution in [2.45, 2.75) is 25.4 Å². The molecule has 1 aromatic heterocycles. The molecular formula is C13H25N5. The van der Waals surface area contributed by atoms with Crippen LogP contribution in [0.25, 0.3) is 0 Å². The molecular weight excluding hydrogens is 226 g/mol. The third-order valence-corrected chi connectivity index (χ3v) is 4.21. The van der Waals surface area contributed by atoms with Gasteiger partial charge in [-0.1, -0.05) is 0 Å². The molecule has 1 fully saturated rings. The molecule has 2 heterocycles. The summed E-state index contributed by atoms with van der Waals surface area (Å²) in [4.78, 5) is 9.11. The number of hydrogen-bond donors (Lipinski definition) is 1. The lowest BCUT2D eigenvalue weighted by Crippen LogP contribution is -2.58. The van der Waals surface area contributed by atoms with E-state index in [9.17, 15) is 0 Å². The van der Waals surface area contributed by atoms with E-state index in [1.807, 2.05) is 19.6 Å². The number of piperazine rings is 1. The van der Waals surface area contributed by atoms with Crippen LogP contribution in [-0.4, -0.2) is 58.1 Å². The fourth-order valence-electron chi connectivity index (χ4n) is 2.69. The number of nitrogens with two attached hydrogens (primary N) is 1. The van der Waals surface area contributed by atoms with Crippen molar-refractivity contribution in [3.05, 3.63) is 18.2 Å². The van der Waals surface area contributed by atoms with Crippen LogP contribution in [0.1, 0.15) is 25.6 Å². The average molecular weight is 251 g/mol. The van der Waals surface area contributed by atoms with E-state index < -0.39 is 0 Å². The van der Waals surface area contributed by atoms with E-state index in [4.69, 9.17) is 5.73 Å². The Morgan fingerprint density at radius 1 is 1.39 bits per heavy atom. The van der Waals surface area contributed by atoms with E-state index in [0.29, 0.717) is 6.54 Å². The summed E-state index contributed by atoms with van der Waals surface area (Å²) in [5.74, 6) is 0. The van der Waals surface area contributed by atoms with Gasteiger partial charge in [0.05, 0.1) is 18.1 Å². The van der Waals surface area contributed by atoms with Gasteiger partial charge in [0.15, 0.2) is 0 Å². The number of aromatic nitrogens is 2. The lowest BCUT2D eigenvalue weighted by Gasteiger charge is -2.47. The Kier molecular flexibility index (Phi) is 3.75. The minimum atomic E-state index is 0.199. The van der Waals surface area contributed by atoms with Crippen LogP contribution in [0.4, 0.5) is 0 Å². The molecule has 1 saturated heterocycles. The van der Waals surface area contributed by atoms with Crippen molar-refractivity contribution in [2.24, 2.45) is 12.8 Å². The van der Waals surface area contributed by atoms with Gasteiger partial charge in [-0.2, -0.15) is 0 Å². The van der Waals surface area contributed by atoms with Crippen LogP contribution in [0.15, 0.2) is 12.5 Å². The Morgan fingerprint density at radius 3 is 2.61 bits per heavy atom. The largest absolute Gasteiger partial charge is 0.336 e. The SMILES string of the molecule is CN1CCN(C(CN)c2cncn2C)CC1(C)C. The summed E-state index contributed by atoms with van der Waals surface area (Å²) in [6.45, 7) is 8.40. The van der Waals surface area contributed by atoms with Gasteiger partial charge in [0.2, 0.25) is 0 Å². The Hall–Kier alpha value is -0.910. The maximum absolute atomic E-state index is 5.99. The molecule has 0 amide bonds. The van der Waals surface area contributed by atoms with Gasteiger partial charge in [-0.3, -0.25) is 9.80 Å². The molecule has 102 valence electrons. The van der Waals surface area contributed by atoms with Crippen LogP contribution >= 0.6 is 0 Å². The second-order valence-electron chi connectivity index (χ2n) is 5.89. The summed E-state index contributed by atoms with van der Waals surface area (Å²) >= 11 is 0. The summed E-state index contributed by atoms with van der Waals surface area (Å²) in [6.07, 6.45) is 3.78. The van der Waals surface area contributed by atoms with Crippen molar-refractivity contribution >= 4 is 0 Å². The lowest BCUT2D eigenvalue weighted by atomic mass is 9.97. The van der Waals surface area contributed by atoms with E-state index in [-0.39, 0.29) is 11.6 Å². The average Bonchev–Trinajstić information content (AvgIpc) is 2.71. The van der Waals surface area contributed by atoms with Crippen molar-refractivity contribution in [3.63, 3.8) is 0 Å². The maximum atomic E-state index is 5.99. The predicted molar refractivity (Wildman–Crippen MR) is 73.3 cm³/mol. The van der Waals surface area contributed by atoms with Gasteiger partial charge in [-0.25, -0.2) is 4.98 Å². The highest BCUT2D eigenvalue weighted by atomic mass is 15.3. The Morgan fingerprint density at radius 2 is 2.11 bits per heavy atom. The molecule has 18 heavy (non-hydrogen) atoms. The second kappa shape index (κ2) is 4.99. The van der Waals surface area contributed by atoms with Gasteiger partial charge in [-0.05, 0) is 20.9 Å². The lowest BCUT2D eigenvalue weighted by molar-refractivity contribution is 0.0165. The van der Waals surface area contributed by atoms with Gasteiger partial charge >= 0.3 is 0 Å². The topological polar surface area (TPSA) is 50.3 Å². The molecule has 1 aromatic rings. The third-order valence-electron chi connectivity index (χ3n) is 4.21. The van der Waals surface area contributed by atoms with Gasteiger partial charge in [0.1, 0.15) is 0 Å². The van der Waals surface area contributed by atoms with Crippen LogP contribution in [0, 0.1) is 0 Å². The zero-order valence-corrected chi connectivity index (χ0v) is 11.9. The van der Waals surface area contributed by atoms with Gasteiger partial charge in [-0.15, -0.1) is 0 Å². The minimum absolute atomic E-state index is 0.199. The van der Waals surface area contributed by atoms with Gasteiger partial charge in [0.25, 0.3) is 0 Å². The van der Waals surface area contributed by atoms with Gasteiger partial charge < -0.3 is 10.3 Å². The number of likely N-dealkylation sites (N-methyl/N-ethyl adjacent to an activating group) is 1. The summed E-state index contributed by atoms with van der Waals surface area (Å²) in [6, 6.07) is 0.269. The first kappa shape index (κ1) is 13.5. The Labute approximate surface area is 110 Å². The smallest absolute Gasteiger partial charge is 0.0946 e. The fraction of sp³-hybridized carbons (Fsp3) is 0.769. The monoisotopic (exact) mass is 251 g/mol. The Bertz CT molecular complexity index is 398. The number of hydrogen-bond acceptors (Lipinski definition) is 4. The Balaban J connectivity index is 2.17. The minimum Gasteiger partial charge on any atom is -0.336 e. The van der Waals surface area contributed by atoms with Crippen LogP contribution in [-0.2, 0) is 7.05 Å². The standard InChI is InChI=1S/C13H25N5/c1-13(2)9-18(6-5-17(13)4)11(7-14)12-8-15-10-16(12)3/h8,10-11H,5-7,9,14H2,1-4H3. The van der Waals surface area contributed by atoms with E-state index in [1.165, 1.54) is 5.69 Å². The number of imidazole rings is 1. The summed E-state index contributed by atoms with van der Waals surface area (Å²) < 4.78 is 2.07. The van der Waals surface area contributed by atoms with Crippen LogP contribution in [0.5, 0.6) is 0 Å². The molecule has 0 bridgehead atoms. The molecule has 0 aromatic carbocycles. The summed E-state index contributed by atoms with van der Waals surface area (Å²) in [5.41, 5.74) is 7.40. The molecule has 2 rings (SSSR count). The summed E-state index contributed by atoms with van der Waals surface area (Å²) in [7, 11) is 4.23. The molecule has 1 aliphatic heterocycles. The van der Waals surface area contributed by atoms with Crippen molar-refractivity contribution in [1.29, 1.82) is 0 Å². The molecule has 5 heteroatoms. The van der Waals surface area contributed by atoms with E-state index >= 15 is 0 Å². The molecule has 5 nitrogen and oxygen atoms in total. The normalized spacial score (nSPS) is 23.2. The molecule has 0 spiro atoms. The van der Waals surface area contributed by atoms with Crippen molar-refractivity contribution in [2.75, 3.05) is 33.2 Å². The van der Waals surface area contributed by atoms with Crippen molar-refractivity contribution < 1.29 is 0 Å². The van der Waals surface area contributed by atoms with E-state index in [2.05, 4.69) is 40.2 Å². The molecule has 1 unspecified atom stereocenters. The second-order valence-corrected chi connectivity index (χ2v) is 5.89. The molecule has 0 radical (unpaired) electrons. The van der Waals surface area contributed by atoms with Gasteiger partial charge in [0, 0.05) is 45.0 Å². The fourth-order valence-corrected chi connectivity index (χ4v) is 2.69. The molecule has 2 N–H and O–H groups in total. The zero-order chi connectivity index (χ0) is 13.3. The molecule has 0 saturated carbocycles. The summed E-state index contributed by atoms with van der Waals surface area (Å²) in [5, 5.41) is 0. The quantitative estimate of drug-likeness (QED) is 0.847. The maximum Gasteiger partial charge on any atom is 0.0946 e. The third kappa shape index (κ3) is 2.43. The van der Waals surface area contributed by atoms with E-state index in [1.54, 1.807) is 0 Å². The van der Waals surface area contributed by atoms with Crippen LogP contribution in [0.3, 0.4) is 0 Å². The predicted octanol–water partition coefficient (Wildman–Crippen LogP) is 0.446. The highest BCUT2D eigenvalue weighted by molar-refractivity contribution is 5.07. The van der Waals surface area contributed by atoms with Crippen molar-refractivity contribution in [1.82, 2.24) is 19.4 Å². The van der Waals surface area contributed by atoms with E-state index in [0.717, 1.165) is 19.6 Å². The van der Waals surface area contributed by atoms with Crippen molar-refractivity contribution in [3.8, 4) is 0 Å². The number of nitrogens with zero attached hydrogens (tertiary/aromatic N) is 4. The van der Waals surface area contributed by atoms with Crippen LogP contribution < -0.4 is 5.73 Å². The highest BCUT2D eigenvalue weighted by Crippen LogP contribution is 2.26. The molecule has 1 aliphatic rings. The number of rotatable bonds is 3. The first-order valence-corrected chi connectivity index (χ1v) is 6.57. The van der Waals surface area contributed by atoms with Crippen LogP contribution in [0.2, 0.25) is 0 Å². The first-order chi connectivity index (χ1) is 8.45. The zero-order valence-electron chi connectivity index (χ0n) is 11.9.